The first kappa shape index (κ1) is 15.9. The van der Waals surface area contributed by atoms with Crippen molar-refractivity contribution in [1.82, 2.24) is 0 Å². The average molecular weight is 319 g/mol. The molecule has 4 nitrogen and oxygen atoms in total. The van der Waals surface area contributed by atoms with Crippen LogP contribution >= 0.6 is 0 Å². The lowest BCUT2D eigenvalue weighted by Crippen LogP contribution is -2.43. The Morgan fingerprint density at radius 2 is 1.88 bits per heavy atom. The van der Waals surface area contributed by atoms with E-state index >= 15 is 0 Å². The number of carbonyl (C=O) groups excluding carboxylic acids is 1. The number of hydrogen-bond donors (Lipinski definition) is 1. The first-order valence-electron chi connectivity index (χ1n) is 7.63. The van der Waals surface area contributed by atoms with E-state index in [0.717, 1.165) is 5.56 Å². The molecular weight excluding hydrogens is 302 g/mol. The smallest absolute Gasteiger partial charge is 0.410 e. The van der Waals surface area contributed by atoms with E-state index in [1.165, 1.54) is 4.90 Å². The van der Waals surface area contributed by atoms with Crippen LogP contribution in [0.2, 0.25) is 0 Å². The van der Waals surface area contributed by atoms with E-state index in [1.54, 1.807) is 43.3 Å². The molecule has 1 N–H and O–H groups in total. The van der Waals surface area contributed by atoms with E-state index < -0.39 is 18.2 Å². The molecule has 0 saturated carbocycles. The number of ether oxygens (including phenoxy) is 1. The Bertz CT molecular complexity index is 818. The molecule has 2 atom stereocenters. The molecule has 120 valence electrons. The molecule has 0 spiro atoms. The zero-order valence-corrected chi connectivity index (χ0v) is 13.2. The second-order valence-corrected chi connectivity index (χ2v) is 5.48. The standard InChI is InChI=1S/C20H17NO3/c1-3-15-13-18(14(2)22)17-11-7-8-12-19(17)21(15)20(23)24-16-9-5-4-6-10-16/h1,4-15,22H,2H3. The third-order valence-electron chi connectivity index (χ3n) is 3.86. The molecule has 0 aliphatic carbocycles. The fourth-order valence-corrected chi connectivity index (χ4v) is 2.75. The Balaban J connectivity index is 2.01. The second kappa shape index (κ2) is 6.61. The van der Waals surface area contributed by atoms with Crippen LogP contribution in [0.1, 0.15) is 12.5 Å². The number of fused-ring (bicyclic) bond motifs is 1. The highest BCUT2D eigenvalue weighted by Gasteiger charge is 2.32. The molecule has 2 unspecified atom stereocenters. The van der Waals surface area contributed by atoms with E-state index in [4.69, 9.17) is 11.2 Å². The van der Waals surface area contributed by atoms with Gasteiger partial charge in [0.1, 0.15) is 11.8 Å². The van der Waals surface area contributed by atoms with Crippen molar-refractivity contribution in [2.24, 2.45) is 0 Å². The summed E-state index contributed by atoms with van der Waals surface area (Å²) in [6.45, 7) is 1.67. The van der Waals surface area contributed by atoms with Crippen LogP contribution in [0.4, 0.5) is 10.5 Å². The number of hydrogen-bond acceptors (Lipinski definition) is 3. The summed E-state index contributed by atoms with van der Waals surface area (Å²) in [6.07, 6.45) is 6.10. The van der Waals surface area contributed by atoms with Gasteiger partial charge in [-0.1, -0.05) is 42.3 Å². The number of amides is 1. The van der Waals surface area contributed by atoms with Gasteiger partial charge in [-0.05, 0) is 36.8 Å². The third kappa shape index (κ3) is 2.90. The molecule has 2 aromatic carbocycles. The highest BCUT2D eigenvalue weighted by atomic mass is 16.6. The number of anilines is 1. The molecule has 1 aliphatic rings. The monoisotopic (exact) mass is 319 g/mol. The Kier molecular flexibility index (Phi) is 4.37. The maximum absolute atomic E-state index is 12.7. The van der Waals surface area contributed by atoms with Gasteiger partial charge in [-0.25, -0.2) is 4.79 Å². The summed E-state index contributed by atoms with van der Waals surface area (Å²) in [6, 6.07) is 15.5. The van der Waals surface area contributed by atoms with Crippen molar-refractivity contribution in [2.45, 2.75) is 19.1 Å². The molecule has 1 heterocycles. The van der Waals surface area contributed by atoms with Gasteiger partial charge in [0, 0.05) is 5.56 Å². The Labute approximate surface area is 141 Å². The number of aliphatic hydroxyl groups excluding tert-OH is 1. The van der Waals surface area contributed by atoms with Crippen LogP contribution in [-0.4, -0.2) is 23.3 Å². The van der Waals surface area contributed by atoms with Crippen molar-refractivity contribution < 1.29 is 14.6 Å². The first-order valence-corrected chi connectivity index (χ1v) is 7.63. The van der Waals surface area contributed by atoms with Gasteiger partial charge < -0.3 is 9.84 Å². The van der Waals surface area contributed by atoms with Crippen molar-refractivity contribution >= 4 is 17.4 Å². The van der Waals surface area contributed by atoms with Crippen LogP contribution in [0, 0.1) is 12.3 Å². The van der Waals surface area contributed by atoms with Gasteiger partial charge in [-0.15, -0.1) is 6.42 Å². The van der Waals surface area contributed by atoms with Gasteiger partial charge in [0.25, 0.3) is 0 Å². The Morgan fingerprint density at radius 1 is 1.21 bits per heavy atom. The molecule has 0 radical (unpaired) electrons. The number of aliphatic hydroxyl groups is 1. The molecule has 3 rings (SSSR count). The van der Waals surface area contributed by atoms with Crippen LogP contribution in [0.25, 0.3) is 5.57 Å². The molecule has 2 aromatic rings. The van der Waals surface area contributed by atoms with Gasteiger partial charge in [-0.3, -0.25) is 4.90 Å². The predicted octanol–water partition coefficient (Wildman–Crippen LogP) is 3.47. The van der Waals surface area contributed by atoms with E-state index in [-0.39, 0.29) is 0 Å². The minimum atomic E-state index is -0.686. The van der Waals surface area contributed by atoms with Crippen molar-refractivity contribution in [3.05, 3.63) is 66.2 Å². The van der Waals surface area contributed by atoms with Crippen LogP contribution < -0.4 is 9.64 Å². The molecule has 24 heavy (non-hydrogen) atoms. The summed E-state index contributed by atoms with van der Waals surface area (Å²) in [4.78, 5) is 14.1. The maximum Gasteiger partial charge on any atom is 0.421 e. The predicted molar refractivity (Wildman–Crippen MR) is 93.7 cm³/mol. The fourth-order valence-electron chi connectivity index (χ4n) is 2.75. The van der Waals surface area contributed by atoms with Gasteiger partial charge in [0.2, 0.25) is 0 Å². The molecule has 0 bridgehead atoms. The molecule has 1 amide bonds. The number of terminal acetylenes is 1. The first-order chi connectivity index (χ1) is 11.6. The number of rotatable bonds is 2. The largest absolute Gasteiger partial charge is 0.421 e. The minimum Gasteiger partial charge on any atom is -0.410 e. The minimum absolute atomic E-state index is 0.445. The van der Waals surface area contributed by atoms with Crippen LogP contribution in [0.3, 0.4) is 0 Å². The van der Waals surface area contributed by atoms with Gasteiger partial charge in [-0.2, -0.15) is 0 Å². The summed E-state index contributed by atoms with van der Waals surface area (Å²) in [5.41, 5.74) is 2.10. The SMILES string of the molecule is C#CC1C=C(C(C)O)c2ccccc2N1C(=O)Oc1ccccc1. The van der Waals surface area contributed by atoms with Crippen LogP contribution in [0.15, 0.2) is 60.7 Å². The number of para-hydroxylation sites is 2. The van der Waals surface area contributed by atoms with Gasteiger partial charge in [0.15, 0.2) is 0 Å². The molecule has 4 heteroatoms. The van der Waals surface area contributed by atoms with Crippen LogP contribution in [-0.2, 0) is 0 Å². The lowest BCUT2D eigenvalue weighted by atomic mass is 9.92. The Hall–Kier alpha value is -3.03. The summed E-state index contributed by atoms with van der Waals surface area (Å²) in [7, 11) is 0. The zero-order valence-electron chi connectivity index (χ0n) is 13.2. The lowest BCUT2D eigenvalue weighted by molar-refractivity contribution is 0.207. The van der Waals surface area contributed by atoms with Crippen molar-refractivity contribution in [2.75, 3.05) is 4.90 Å². The number of benzene rings is 2. The normalized spacial score (nSPS) is 17.3. The zero-order chi connectivity index (χ0) is 17.1. The maximum atomic E-state index is 12.7. The Morgan fingerprint density at radius 3 is 2.54 bits per heavy atom. The lowest BCUT2D eigenvalue weighted by Gasteiger charge is -2.33. The van der Waals surface area contributed by atoms with E-state index in [2.05, 4.69) is 5.92 Å². The summed E-state index contributed by atoms with van der Waals surface area (Å²) in [5.74, 6) is 3.03. The average Bonchev–Trinajstić information content (AvgIpc) is 2.60. The van der Waals surface area contributed by atoms with Gasteiger partial charge >= 0.3 is 6.09 Å². The molecule has 1 aliphatic heterocycles. The quantitative estimate of drug-likeness (QED) is 0.862. The van der Waals surface area contributed by atoms with Crippen molar-refractivity contribution in [3.8, 4) is 18.1 Å². The molecule has 0 saturated heterocycles. The van der Waals surface area contributed by atoms with E-state index in [0.29, 0.717) is 17.0 Å². The number of nitrogens with zero attached hydrogens (tertiary/aromatic N) is 1. The van der Waals surface area contributed by atoms with Crippen LogP contribution in [0.5, 0.6) is 5.75 Å². The topological polar surface area (TPSA) is 49.8 Å². The van der Waals surface area contributed by atoms with Crippen molar-refractivity contribution in [1.29, 1.82) is 0 Å². The highest BCUT2D eigenvalue weighted by molar-refractivity contribution is 5.98. The summed E-state index contributed by atoms with van der Waals surface area (Å²) < 4.78 is 5.44. The summed E-state index contributed by atoms with van der Waals surface area (Å²) in [5, 5.41) is 10.0. The van der Waals surface area contributed by atoms with Gasteiger partial charge in [0.05, 0.1) is 11.8 Å². The molecular formula is C20H17NO3. The fraction of sp³-hybridized carbons (Fsp3) is 0.150. The second-order valence-electron chi connectivity index (χ2n) is 5.48. The summed E-state index contributed by atoms with van der Waals surface area (Å²) >= 11 is 0. The van der Waals surface area contributed by atoms with Crippen molar-refractivity contribution in [3.63, 3.8) is 0 Å². The third-order valence-corrected chi connectivity index (χ3v) is 3.86. The molecule has 0 aromatic heterocycles. The highest BCUT2D eigenvalue weighted by Crippen LogP contribution is 2.36. The molecule has 0 fully saturated rings. The number of carbonyl (C=O) groups is 1. The van der Waals surface area contributed by atoms with E-state index in [9.17, 15) is 9.90 Å². The van der Waals surface area contributed by atoms with E-state index in [1.807, 2.05) is 24.3 Å².